The van der Waals surface area contributed by atoms with E-state index in [0.717, 1.165) is 18.8 Å². The molecule has 0 fully saturated rings. The Morgan fingerprint density at radius 1 is 0.895 bits per heavy atom. The summed E-state index contributed by atoms with van der Waals surface area (Å²) in [4.78, 5) is 10.1. The van der Waals surface area contributed by atoms with Gasteiger partial charge in [-0.15, -0.1) is 0 Å². The van der Waals surface area contributed by atoms with Crippen molar-refractivity contribution >= 4 is 9.05 Å². The first-order valence-corrected chi connectivity index (χ1v) is 9.28. The van der Waals surface area contributed by atoms with Gasteiger partial charge in [0.15, 0.2) is 0 Å². The van der Waals surface area contributed by atoms with Crippen molar-refractivity contribution in [1.29, 1.82) is 0 Å². The van der Waals surface area contributed by atoms with Crippen molar-refractivity contribution in [3.8, 4) is 0 Å². The smallest absolute Gasteiger partial charge is 0.367 e. The summed E-state index contributed by atoms with van der Waals surface area (Å²) >= 11 is 0. The van der Waals surface area contributed by atoms with Crippen LogP contribution < -0.4 is 0 Å². The molecule has 5 heteroatoms. The van der Waals surface area contributed by atoms with E-state index < -0.39 is 9.05 Å². The Morgan fingerprint density at radius 3 is 1.89 bits per heavy atom. The zero-order chi connectivity index (χ0) is 14.7. The fourth-order valence-corrected chi connectivity index (χ4v) is 3.52. The molecule has 0 heterocycles. The first-order valence-electron chi connectivity index (χ1n) is 7.61. The van der Waals surface area contributed by atoms with Crippen LogP contribution >= 0.6 is 0 Å². The maximum Gasteiger partial charge on any atom is 0.677 e. The van der Waals surface area contributed by atoms with E-state index in [1.807, 2.05) is 20.8 Å². The highest BCUT2D eigenvalue weighted by molar-refractivity contribution is 6.51. The summed E-state index contributed by atoms with van der Waals surface area (Å²) in [6.45, 7) is 10.9. The first kappa shape index (κ1) is 19.1. The molecule has 0 saturated heterocycles. The third-order valence-corrected chi connectivity index (χ3v) is 4.90. The third-order valence-electron chi connectivity index (χ3n) is 2.90. The molecule has 0 radical (unpaired) electrons. The van der Waals surface area contributed by atoms with Crippen LogP contribution in [0.1, 0.15) is 66.7 Å². The third kappa shape index (κ3) is 10.5. The molecule has 0 bridgehead atoms. The molecular formula is C14H32O4Si. The topological polar surface area (TPSA) is 47.9 Å². The van der Waals surface area contributed by atoms with E-state index in [-0.39, 0.29) is 6.10 Å². The lowest BCUT2D eigenvalue weighted by molar-refractivity contribution is -0.0260. The van der Waals surface area contributed by atoms with Crippen LogP contribution in [0.15, 0.2) is 0 Å². The van der Waals surface area contributed by atoms with E-state index in [0.29, 0.717) is 13.2 Å². The Balaban J connectivity index is 3.83. The summed E-state index contributed by atoms with van der Waals surface area (Å²) in [5.74, 6) is 0.780. The van der Waals surface area contributed by atoms with Gasteiger partial charge in [-0.2, -0.15) is 0 Å². The minimum Gasteiger partial charge on any atom is -0.367 e. The molecule has 1 atom stereocenters. The van der Waals surface area contributed by atoms with Crippen molar-refractivity contribution in [3.05, 3.63) is 0 Å². The molecule has 1 unspecified atom stereocenters. The van der Waals surface area contributed by atoms with Crippen molar-refractivity contribution in [3.63, 3.8) is 0 Å². The van der Waals surface area contributed by atoms with Gasteiger partial charge in [0.25, 0.3) is 0 Å². The van der Waals surface area contributed by atoms with Crippen LogP contribution in [0, 0.1) is 5.92 Å². The van der Waals surface area contributed by atoms with E-state index >= 15 is 0 Å². The van der Waals surface area contributed by atoms with Crippen molar-refractivity contribution in [2.24, 2.45) is 5.92 Å². The van der Waals surface area contributed by atoms with Gasteiger partial charge < -0.3 is 18.1 Å². The molecule has 0 aliphatic heterocycles. The molecule has 0 aromatic rings. The van der Waals surface area contributed by atoms with Crippen molar-refractivity contribution in [2.75, 3.05) is 13.2 Å². The van der Waals surface area contributed by atoms with Crippen LogP contribution in [0.2, 0.25) is 0 Å². The lowest BCUT2D eigenvalue weighted by Gasteiger charge is -2.25. The largest absolute Gasteiger partial charge is 0.677 e. The van der Waals surface area contributed by atoms with Gasteiger partial charge in [0.2, 0.25) is 0 Å². The standard InChI is InChI=1S/C14H32O4Si/c1-6-16-19(15,17-7-2)18-14(5)12-10-8-9-11-13(3)4/h13-15H,6-12H2,1-5H3. The number of hydrogen-bond donors (Lipinski definition) is 1. The van der Waals surface area contributed by atoms with Crippen LogP contribution in [0.5, 0.6) is 0 Å². The maximum atomic E-state index is 10.1. The molecule has 0 rings (SSSR count). The summed E-state index contributed by atoms with van der Waals surface area (Å²) in [6, 6.07) is 0. The van der Waals surface area contributed by atoms with Crippen LogP contribution in [0.4, 0.5) is 0 Å². The quantitative estimate of drug-likeness (QED) is 0.442. The molecule has 0 amide bonds. The normalized spacial score (nSPS) is 14.1. The molecule has 0 aromatic heterocycles. The van der Waals surface area contributed by atoms with Gasteiger partial charge in [0.1, 0.15) is 0 Å². The monoisotopic (exact) mass is 292 g/mol. The lowest BCUT2D eigenvalue weighted by Crippen LogP contribution is -2.48. The average molecular weight is 292 g/mol. The van der Waals surface area contributed by atoms with E-state index in [9.17, 15) is 4.80 Å². The first-order chi connectivity index (χ1) is 8.93. The second kappa shape index (κ2) is 10.8. The van der Waals surface area contributed by atoms with E-state index in [1.54, 1.807) is 0 Å². The lowest BCUT2D eigenvalue weighted by atomic mass is 10.0. The SMILES string of the molecule is CCO[Si](O)(OCC)OC(C)CCCCCC(C)C. The number of unbranched alkanes of at least 4 members (excludes halogenated alkanes) is 2. The second-order valence-corrected chi connectivity index (χ2v) is 7.21. The predicted molar refractivity (Wildman–Crippen MR) is 79.7 cm³/mol. The van der Waals surface area contributed by atoms with Gasteiger partial charge in [-0.1, -0.05) is 39.5 Å². The summed E-state index contributed by atoms with van der Waals surface area (Å²) in [6.07, 6.45) is 5.81. The molecule has 1 N–H and O–H groups in total. The molecule has 4 nitrogen and oxygen atoms in total. The van der Waals surface area contributed by atoms with Crippen molar-refractivity contribution in [1.82, 2.24) is 0 Å². The molecule has 116 valence electrons. The van der Waals surface area contributed by atoms with Gasteiger partial charge in [0.05, 0.1) is 0 Å². The molecule has 19 heavy (non-hydrogen) atoms. The summed E-state index contributed by atoms with van der Waals surface area (Å²) < 4.78 is 16.1. The van der Waals surface area contributed by atoms with Gasteiger partial charge in [-0.05, 0) is 33.1 Å². The predicted octanol–water partition coefficient (Wildman–Crippen LogP) is 3.50. The van der Waals surface area contributed by atoms with Gasteiger partial charge >= 0.3 is 9.05 Å². The molecule has 0 saturated carbocycles. The molecule has 0 spiro atoms. The highest BCUT2D eigenvalue weighted by Gasteiger charge is 2.42. The Bertz CT molecular complexity index is 206. The van der Waals surface area contributed by atoms with Gasteiger partial charge in [-0.3, -0.25) is 0 Å². The maximum absolute atomic E-state index is 10.1. The van der Waals surface area contributed by atoms with Crippen molar-refractivity contribution in [2.45, 2.75) is 72.8 Å². The van der Waals surface area contributed by atoms with Crippen LogP contribution in [0.3, 0.4) is 0 Å². The van der Waals surface area contributed by atoms with E-state index in [4.69, 9.17) is 13.3 Å². The van der Waals surface area contributed by atoms with Crippen LogP contribution in [0.25, 0.3) is 0 Å². The van der Waals surface area contributed by atoms with Gasteiger partial charge in [-0.25, -0.2) is 0 Å². The highest BCUT2D eigenvalue weighted by Crippen LogP contribution is 2.15. The van der Waals surface area contributed by atoms with E-state index in [2.05, 4.69) is 13.8 Å². The Morgan fingerprint density at radius 2 is 1.42 bits per heavy atom. The minimum absolute atomic E-state index is 0.0196. The van der Waals surface area contributed by atoms with Gasteiger partial charge in [0, 0.05) is 19.3 Å². The zero-order valence-electron chi connectivity index (χ0n) is 13.3. The van der Waals surface area contributed by atoms with Crippen LogP contribution in [-0.2, 0) is 13.3 Å². The highest BCUT2D eigenvalue weighted by atomic mass is 28.4. The summed E-state index contributed by atoms with van der Waals surface area (Å²) in [5, 5.41) is 0. The van der Waals surface area contributed by atoms with Crippen LogP contribution in [-0.4, -0.2) is 33.2 Å². The summed E-state index contributed by atoms with van der Waals surface area (Å²) in [7, 11) is -3.40. The average Bonchev–Trinajstić information content (AvgIpc) is 2.28. The van der Waals surface area contributed by atoms with Crippen molar-refractivity contribution < 1.29 is 18.1 Å². The Labute approximate surface area is 119 Å². The Hall–Kier alpha value is 0.0569. The number of hydrogen-bond acceptors (Lipinski definition) is 4. The molecular weight excluding hydrogens is 260 g/mol. The fraction of sp³-hybridized carbons (Fsp3) is 1.00. The number of rotatable bonds is 12. The Kier molecular flexibility index (Phi) is 10.8. The molecule has 0 aliphatic rings. The fourth-order valence-electron chi connectivity index (χ4n) is 1.95. The summed E-state index contributed by atoms with van der Waals surface area (Å²) in [5.41, 5.74) is 0. The molecule has 0 aliphatic carbocycles. The second-order valence-electron chi connectivity index (χ2n) is 5.35. The zero-order valence-corrected chi connectivity index (χ0v) is 14.3. The molecule has 0 aromatic carbocycles. The van der Waals surface area contributed by atoms with E-state index in [1.165, 1.54) is 19.3 Å². The minimum atomic E-state index is -3.40.